The molecule has 2 N–H and O–H groups in total. The van der Waals surface area contributed by atoms with Crippen molar-refractivity contribution >= 4 is 33.9 Å². The molecular weight excluding hydrogens is 387 g/mol. The molecule has 146 valence electrons. The second kappa shape index (κ2) is 8.05. The van der Waals surface area contributed by atoms with Gasteiger partial charge >= 0.3 is 0 Å². The van der Waals surface area contributed by atoms with E-state index in [-0.39, 0.29) is 11.9 Å². The normalized spacial score (nSPS) is 12.0. The molecule has 6 heteroatoms. The summed E-state index contributed by atoms with van der Waals surface area (Å²) in [6.45, 7) is 1.91. The number of para-hydroxylation sites is 1. The standard InChI is InChI=1S/C23H20ClFN4/c1-14(29-23-16-5-3-4-6-22(16)28-13-19(23)24)17-11-15(7-8-20(17)25)18-12-27-10-9-21(18)26-2/h3-14H,1-2H3,(H,26,27)(H,28,29)/t14-/m1/s1. The topological polar surface area (TPSA) is 49.8 Å². The number of aromatic nitrogens is 2. The van der Waals surface area contributed by atoms with E-state index in [0.29, 0.717) is 10.6 Å². The van der Waals surface area contributed by atoms with Crippen molar-refractivity contribution in [3.8, 4) is 11.1 Å². The van der Waals surface area contributed by atoms with Gasteiger partial charge in [0.15, 0.2) is 0 Å². The first-order valence-electron chi connectivity index (χ1n) is 9.30. The predicted molar refractivity (Wildman–Crippen MR) is 118 cm³/mol. The molecule has 4 nitrogen and oxygen atoms in total. The third kappa shape index (κ3) is 3.74. The van der Waals surface area contributed by atoms with Crippen molar-refractivity contribution in [1.29, 1.82) is 0 Å². The summed E-state index contributed by atoms with van der Waals surface area (Å²) in [4.78, 5) is 8.56. The number of nitrogens with one attached hydrogen (secondary N) is 2. The van der Waals surface area contributed by atoms with Crippen molar-refractivity contribution in [2.24, 2.45) is 0 Å². The molecule has 0 saturated heterocycles. The molecule has 0 bridgehead atoms. The maximum atomic E-state index is 14.7. The van der Waals surface area contributed by atoms with Gasteiger partial charge in [-0.3, -0.25) is 9.97 Å². The molecule has 0 spiro atoms. The summed E-state index contributed by atoms with van der Waals surface area (Å²) in [5, 5.41) is 7.92. The molecule has 2 aromatic heterocycles. The first-order valence-corrected chi connectivity index (χ1v) is 9.67. The Hall–Kier alpha value is -3.18. The van der Waals surface area contributed by atoms with E-state index in [1.54, 1.807) is 24.7 Å². The number of hydrogen-bond donors (Lipinski definition) is 2. The van der Waals surface area contributed by atoms with E-state index in [0.717, 1.165) is 33.4 Å². The molecule has 2 aromatic carbocycles. The van der Waals surface area contributed by atoms with Crippen molar-refractivity contribution < 1.29 is 4.39 Å². The summed E-state index contributed by atoms with van der Waals surface area (Å²) in [6, 6.07) is 14.4. The van der Waals surface area contributed by atoms with E-state index in [1.165, 1.54) is 6.07 Å². The van der Waals surface area contributed by atoms with Crippen LogP contribution in [-0.4, -0.2) is 17.0 Å². The summed E-state index contributed by atoms with van der Waals surface area (Å²) in [6.07, 6.45) is 5.11. The van der Waals surface area contributed by atoms with E-state index >= 15 is 0 Å². The van der Waals surface area contributed by atoms with E-state index in [9.17, 15) is 4.39 Å². The lowest BCUT2D eigenvalue weighted by molar-refractivity contribution is 0.600. The Bertz CT molecular complexity index is 1180. The number of pyridine rings is 2. The predicted octanol–water partition coefficient (Wildman–Crippen LogP) is 6.30. The first kappa shape index (κ1) is 19.2. The van der Waals surface area contributed by atoms with Crippen LogP contribution >= 0.6 is 11.6 Å². The van der Waals surface area contributed by atoms with Gasteiger partial charge < -0.3 is 10.6 Å². The van der Waals surface area contributed by atoms with Gasteiger partial charge in [-0.15, -0.1) is 0 Å². The first-order chi connectivity index (χ1) is 14.1. The molecule has 0 aliphatic carbocycles. The highest BCUT2D eigenvalue weighted by molar-refractivity contribution is 6.34. The van der Waals surface area contributed by atoms with Crippen molar-refractivity contribution in [3.63, 3.8) is 0 Å². The number of rotatable bonds is 5. The van der Waals surface area contributed by atoms with Gasteiger partial charge in [-0.1, -0.05) is 35.9 Å². The average molecular weight is 407 g/mol. The van der Waals surface area contributed by atoms with Gasteiger partial charge in [-0.2, -0.15) is 0 Å². The minimum absolute atomic E-state index is 0.280. The number of benzene rings is 2. The molecule has 4 rings (SSSR count). The van der Waals surface area contributed by atoms with Crippen LogP contribution in [0.1, 0.15) is 18.5 Å². The molecular formula is C23H20ClFN4. The smallest absolute Gasteiger partial charge is 0.128 e. The molecule has 29 heavy (non-hydrogen) atoms. The zero-order valence-corrected chi connectivity index (χ0v) is 16.8. The fraction of sp³-hybridized carbons (Fsp3) is 0.130. The number of nitrogens with zero attached hydrogens (tertiary/aromatic N) is 2. The second-order valence-electron chi connectivity index (χ2n) is 6.77. The quantitative estimate of drug-likeness (QED) is 0.408. The van der Waals surface area contributed by atoms with Gasteiger partial charge in [0, 0.05) is 47.8 Å². The Morgan fingerprint density at radius 3 is 2.72 bits per heavy atom. The molecule has 0 amide bonds. The van der Waals surface area contributed by atoms with Gasteiger partial charge in [0.25, 0.3) is 0 Å². The molecule has 0 saturated carbocycles. The van der Waals surface area contributed by atoms with E-state index < -0.39 is 0 Å². The third-order valence-corrected chi connectivity index (χ3v) is 5.24. The van der Waals surface area contributed by atoms with Gasteiger partial charge in [-0.25, -0.2) is 4.39 Å². The minimum Gasteiger partial charge on any atom is -0.388 e. The number of fused-ring (bicyclic) bond motifs is 1. The fourth-order valence-electron chi connectivity index (χ4n) is 3.44. The van der Waals surface area contributed by atoms with Crippen molar-refractivity contribution in [3.05, 3.63) is 83.5 Å². The highest BCUT2D eigenvalue weighted by Gasteiger charge is 2.16. The monoisotopic (exact) mass is 406 g/mol. The third-order valence-electron chi connectivity index (χ3n) is 4.95. The maximum Gasteiger partial charge on any atom is 0.128 e. The summed E-state index contributed by atoms with van der Waals surface area (Å²) in [5.74, 6) is -0.280. The molecule has 0 aliphatic heterocycles. The van der Waals surface area contributed by atoms with Crippen LogP contribution in [0, 0.1) is 5.82 Å². The molecule has 2 heterocycles. The van der Waals surface area contributed by atoms with E-state index in [1.807, 2.05) is 50.4 Å². The van der Waals surface area contributed by atoms with Gasteiger partial charge in [-0.05, 0) is 36.8 Å². The van der Waals surface area contributed by atoms with Crippen LogP contribution in [0.3, 0.4) is 0 Å². The summed E-state index contributed by atoms with van der Waals surface area (Å²) in [5.41, 5.74) is 4.85. The largest absolute Gasteiger partial charge is 0.388 e. The van der Waals surface area contributed by atoms with Crippen LogP contribution < -0.4 is 10.6 Å². The van der Waals surface area contributed by atoms with Gasteiger partial charge in [0.1, 0.15) is 5.82 Å². The lowest BCUT2D eigenvalue weighted by Gasteiger charge is -2.20. The lowest BCUT2D eigenvalue weighted by Crippen LogP contribution is -2.10. The van der Waals surface area contributed by atoms with Crippen molar-refractivity contribution in [2.75, 3.05) is 17.7 Å². The van der Waals surface area contributed by atoms with Crippen LogP contribution in [0.2, 0.25) is 5.02 Å². The van der Waals surface area contributed by atoms with Crippen LogP contribution in [0.5, 0.6) is 0 Å². The fourth-order valence-corrected chi connectivity index (χ4v) is 3.65. The second-order valence-corrected chi connectivity index (χ2v) is 7.18. The Balaban J connectivity index is 1.73. The SMILES string of the molecule is CNc1ccncc1-c1ccc(F)c([C@@H](C)Nc2c(Cl)cnc3ccccc23)c1. The lowest BCUT2D eigenvalue weighted by atomic mass is 9.99. The van der Waals surface area contributed by atoms with Crippen molar-refractivity contribution in [1.82, 2.24) is 9.97 Å². The highest BCUT2D eigenvalue weighted by atomic mass is 35.5. The van der Waals surface area contributed by atoms with Crippen molar-refractivity contribution in [2.45, 2.75) is 13.0 Å². The average Bonchev–Trinajstić information content (AvgIpc) is 2.76. The number of halogens is 2. The van der Waals surface area contributed by atoms with Crippen LogP contribution in [0.25, 0.3) is 22.0 Å². The number of hydrogen-bond acceptors (Lipinski definition) is 4. The minimum atomic E-state index is -0.312. The van der Waals surface area contributed by atoms with Crippen LogP contribution in [0.4, 0.5) is 15.8 Å². The Labute approximate surface area is 173 Å². The van der Waals surface area contributed by atoms with Crippen LogP contribution in [0.15, 0.2) is 67.1 Å². The molecule has 1 atom stereocenters. The molecule has 0 radical (unpaired) electrons. The highest BCUT2D eigenvalue weighted by Crippen LogP contribution is 2.35. The van der Waals surface area contributed by atoms with E-state index in [4.69, 9.17) is 11.6 Å². The zero-order chi connectivity index (χ0) is 20.4. The summed E-state index contributed by atoms with van der Waals surface area (Å²) in [7, 11) is 1.85. The molecule has 0 fully saturated rings. The number of anilines is 2. The summed E-state index contributed by atoms with van der Waals surface area (Å²) < 4.78 is 14.7. The van der Waals surface area contributed by atoms with Gasteiger partial charge in [0.05, 0.1) is 22.3 Å². The Morgan fingerprint density at radius 2 is 1.90 bits per heavy atom. The Kier molecular flexibility index (Phi) is 5.32. The van der Waals surface area contributed by atoms with Gasteiger partial charge in [0.2, 0.25) is 0 Å². The van der Waals surface area contributed by atoms with E-state index in [2.05, 4.69) is 20.6 Å². The molecule has 0 aliphatic rings. The molecule has 4 aromatic rings. The Morgan fingerprint density at radius 1 is 1.07 bits per heavy atom. The molecule has 0 unspecified atom stereocenters. The maximum absolute atomic E-state index is 14.7. The summed E-state index contributed by atoms with van der Waals surface area (Å²) >= 11 is 6.41. The van der Waals surface area contributed by atoms with Crippen LogP contribution in [-0.2, 0) is 0 Å². The zero-order valence-electron chi connectivity index (χ0n) is 16.1.